The van der Waals surface area contributed by atoms with E-state index in [9.17, 15) is 4.79 Å². The molecule has 2 aromatic rings. The Labute approximate surface area is 155 Å². The predicted molar refractivity (Wildman–Crippen MR) is 103 cm³/mol. The molecule has 138 valence electrons. The minimum atomic E-state index is 0.110. The second-order valence-electron chi connectivity index (χ2n) is 7.63. The molecule has 5 heteroatoms. The topological polar surface area (TPSA) is 50.2 Å². The van der Waals surface area contributed by atoms with E-state index >= 15 is 0 Å². The molecule has 1 aromatic carbocycles. The summed E-state index contributed by atoms with van der Waals surface area (Å²) in [6.07, 6.45) is 8.95. The molecule has 0 bridgehead atoms. The van der Waals surface area contributed by atoms with Crippen molar-refractivity contribution in [2.45, 2.75) is 57.5 Å². The van der Waals surface area contributed by atoms with Gasteiger partial charge in [-0.1, -0.05) is 49.6 Å². The zero-order valence-electron chi connectivity index (χ0n) is 15.5. The summed E-state index contributed by atoms with van der Waals surface area (Å²) >= 11 is 0. The van der Waals surface area contributed by atoms with Crippen LogP contribution in [0.3, 0.4) is 0 Å². The summed E-state index contributed by atoms with van der Waals surface area (Å²) < 4.78 is 2.31. The number of hydrogen-bond donors (Lipinski definition) is 1. The molecule has 2 fully saturated rings. The van der Waals surface area contributed by atoms with Crippen molar-refractivity contribution in [1.82, 2.24) is 19.8 Å². The van der Waals surface area contributed by atoms with E-state index in [4.69, 9.17) is 0 Å². The Morgan fingerprint density at radius 3 is 2.65 bits per heavy atom. The first-order valence-corrected chi connectivity index (χ1v) is 9.87. The molecule has 0 radical (unpaired) electrons. The van der Waals surface area contributed by atoms with Gasteiger partial charge in [-0.05, 0) is 26.2 Å². The Morgan fingerprint density at radius 2 is 1.88 bits per heavy atom. The molecule has 4 rings (SSSR count). The highest BCUT2D eigenvalue weighted by atomic mass is 16.2. The monoisotopic (exact) mass is 352 g/mol. The standard InChI is InChI=1S/C21H28N4O/c1-16-14-22-20(17-8-4-2-5-9-17)25(16)19-12-13-24(15-19)21(26)23-18-10-6-3-7-11-18/h2,4-5,8-9,14,18-19H,3,6-7,10-13,15H2,1H3,(H,23,26). The molecular weight excluding hydrogens is 324 g/mol. The Morgan fingerprint density at radius 1 is 1.12 bits per heavy atom. The third-order valence-electron chi connectivity index (χ3n) is 5.76. The molecule has 2 aliphatic rings. The average molecular weight is 352 g/mol. The smallest absolute Gasteiger partial charge is 0.317 e. The van der Waals surface area contributed by atoms with E-state index < -0.39 is 0 Å². The highest BCUT2D eigenvalue weighted by Gasteiger charge is 2.30. The van der Waals surface area contributed by atoms with Crippen LogP contribution in [0.4, 0.5) is 4.79 Å². The number of aryl methyl sites for hydroxylation is 1. The maximum absolute atomic E-state index is 12.7. The highest BCUT2D eigenvalue weighted by Crippen LogP contribution is 2.29. The van der Waals surface area contributed by atoms with Crippen LogP contribution in [0.2, 0.25) is 0 Å². The summed E-state index contributed by atoms with van der Waals surface area (Å²) in [7, 11) is 0. The van der Waals surface area contributed by atoms with Gasteiger partial charge in [-0.15, -0.1) is 0 Å². The van der Waals surface area contributed by atoms with Gasteiger partial charge in [0.1, 0.15) is 5.82 Å². The van der Waals surface area contributed by atoms with Gasteiger partial charge in [-0.3, -0.25) is 0 Å². The minimum absolute atomic E-state index is 0.110. The predicted octanol–water partition coefficient (Wildman–Crippen LogP) is 4.15. The quantitative estimate of drug-likeness (QED) is 0.902. The summed E-state index contributed by atoms with van der Waals surface area (Å²) in [5.41, 5.74) is 2.29. The number of carbonyl (C=O) groups excluding carboxylic acids is 1. The van der Waals surface area contributed by atoms with Crippen LogP contribution >= 0.6 is 0 Å². The van der Waals surface area contributed by atoms with Crippen LogP contribution in [0.15, 0.2) is 36.5 Å². The van der Waals surface area contributed by atoms with Gasteiger partial charge in [0.05, 0.1) is 6.04 Å². The number of aromatic nitrogens is 2. The Balaban J connectivity index is 1.46. The van der Waals surface area contributed by atoms with Crippen molar-refractivity contribution >= 4 is 6.03 Å². The lowest BCUT2D eigenvalue weighted by Gasteiger charge is -2.26. The largest absolute Gasteiger partial charge is 0.335 e. The van der Waals surface area contributed by atoms with Gasteiger partial charge in [0, 0.05) is 36.6 Å². The van der Waals surface area contributed by atoms with Gasteiger partial charge in [0.25, 0.3) is 0 Å². The van der Waals surface area contributed by atoms with Crippen LogP contribution in [0, 0.1) is 6.92 Å². The first-order valence-electron chi connectivity index (χ1n) is 9.87. The number of rotatable bonds is 3. The van der Waals surface area contributed by atoms with E-state index in [1.165, 1.54) is 19.3 Å². The highest BCUT2D eigenvalue weighted by molar-refractivity contribution is 5.75. The van der Waals surface area contributed by atoms with Crippen molar-refractivity contribution in [2.24, 2.45) is 0 Å². The van der Waals surface area contributed by atoms with Crippen LogP contribution < -0.4 is 5.32 Å². The third-order valence-corrected chi connectivity index (χ3v) is 5.76. The number of hydrogen-bond acceptors (Lipinski definition) is 2. The van der Waals surface area contributed by atoms with Crippen LogP contribution in [-0.2, 0) is 0 Å². The second-order valence-corrected chi connectivity index (χ2v) is 7.63. The molecule has 1 saturated carbocycles. The average Bonchev–Trinajstić information content (AvgIpc) is 3.30. The van der Waals surface area contributed by atoms with E-state index in [1.807, 2.05) is 29.3 Å². The molecule has 1 aliphatic carbocycles. The first kappa shape index (κ1) is 17.1. The summed E-state index contributed by atoms with van der Waals surface area (Å²) in [4.78, 5) is 19.3. The van der Waals surface area contributed by atoms with Crippen molar-refractivity contribution in [3.63, 3.8) is 0 Å². The van der Waals surface area contributed by atoms with Crippen molar-refractivity contribution < 1.29 is 4.79 Å². The molecule has 0 spiro atoms. The van der Waals surface area contributed by atoms with Gasteiger partial charge in [0.2, 0.25) is 0 Å². The van der Waals surface area contributed by atoms with E-state index in [-0.39, 0.29) is 6.03 Å². The van der Waals surface area contributed by atoms with Crippen LogP contribution in [0.5, 0.6) is 0 Å². The Hall–Kier alpha value is -2.30. The third kappa shape index (κ3) is 3.48. The number of carbonyl (C=O) groups is 1. The Bertz CT molecular complexity index is 749. The van der Waals surface area contributed by atoms with Crippen molar-refractivity contribution in [3.8, 4) is 11.4 Å². The summed E-state index contributed by atoms with van der Waals surface area (Å²) in [5, 5.41) is 3.25. The lowest BCUT2D eigenvalue weighted by molar-refractivity contribution is 0.199. The van der Waals surface area contributed by atoms with Crippen LogP contribution in [0.1, 0.15) is 50.3 Å². The van der Waals surface area contributed by atoms with Gasteiger partial charge in [-0.25, -0.2) is 9.78 Å². The first-order chi connectivity index (χ1) is 12.7. The van der Waals surface area contributed by atoms with E-state index in [0.29, 0.717) is 12.1 Å². The SMILES string of the molecule is Cc1cnc(-c2ccccc2)n1C1CCN(C(=O)NC2CCCCC2)C1. The zero-order chi connectivity index (χ0) is 17.9. The number of nitrogens with one attached hydrogen (secondary N) is 1. The molecule has 1 atom stereocenters. The second kappa shape index (κ2) is 7.52. The minimum Gasteiger partial charge on any atom is -0.335 e. The Kier molecular flexibility index (Phi) is 4.96. The van der Waals surface area contributed by atoms with Gasteiger partial charge in [-0.2, -0.15) is 0 Å². The lowest BCUT2D eigenvalue weighted by atomic mass is 9.96. The summed E-state index contributed by atoms with van der Waals surface area (Å²) in [5.74, 6) is 1.00. The van der Waals surface area contributed by atoms with Crippen molar-refractivity contribution in [2.75, 3.05) is 13.1 Å². The molecule has 5 nitrogen and oxygen atoms in total. The molecule has 1 aromatic heterocycles. The van der Waals surface area contributed by atoms with Crippen LogP contribution in [-0.4, -0.2) is 39.6 Å². The van der Waals surface area contributed by atoms with Crippen molar-refractivity contribution in [1.29, 1.82) is 0 Å². The number of benzene rings is 1. The van der Waals surface area contributed by atoms with Crippen molar-refractivity contribution in [3.05, 3.63) is 42.2 Å². The zero-order valence-corrected chi connectivity index (χ0v) is 15.5. The molecular formula is C21H28N4O. The fourth-order valence-corrected chi connectivity index (χ4v) is 4.36. The number of nitrogens with zero attached hydrogens (tertiary/aromatic N) is 3. The fourth-order valence-electron chi connectivity index (χ4n) is 4.36. The van der Waals surface area contributed by atoms with E-state index in [1.54, 1.807) is 0 Å². The number of urea groups is 1. The fraction of sp³-hybridized carbons (Fsp3) is 0.524. The van der Waals surface area contributed by atoms with E-state index in [2.05, 4.69) is 33.9 Å². The van der Waals surface area contributed by atoms with Gasteiger partial charge in [0.15, 0.2) is 0 Å². The summed E-state index contributed by atoms with van der Waals surface area (Å²) in [6.45, 7) is 3.68. The maximum atomic E-state index is 12.7. The number of imidazole rings is 1. The maximum Gasteiger partial charge on any atom is 0.317 e. The molecule has 1 saturated heterocycles. The molecule has 1 N–H and O–H groups in total. The molecule has 1 unspecified atom stereocenters. The molecule has 26 heavy (non-hydrogen) atoms. The molecule has 2 heterocycles. The summed E-state index contributed by atoms with van der Waals surface area (Å²) in [6, 6.07) is 11.1. The normalized spacial score (nSPS) is 21.1. The van der Waals surface area contributed by atoms with Crippen LogP contribution in [0.25, 0.3) is 11.4 Å². The van der Waals surface area contributed by atoms with Gasteiger partial charge < -0.3 is 14.8 Å². The molecule has 2 amide bonds. The number of likely N-dealkylation sites (tertiary alicyclic amines) is 1. The van der Waals surface area contributed by atoms with E-state index in [0.717, 1.165) is 49.4 Å². The number of amides is 2. The van der Waals surface area contributed by atoms with Gasteiger partial charge >= 0.3 is 6.03 Å². The lowest BCUT2D eigenvalue weighted by Crippen LogP contribution is -2.44. The molecule has 1 aliphatic heterocycles.